The highest BCUT2D eigenvalue weighted by molar-refractivity contribution is 5.80. The van der Waals surface area contributed by atoms with Crippen molar-refractivity contribution in [1.29, 1.82) is 0 Å². The van der Waals surface area contributed by atoms with Crippen molar-refractivity contribution in [2.75, 3.05) is 39.4 Å². The Bertz CT molecular complexity index is 672. The molecule has 0 radical (unpaired) electrons. The average Bonchev–Trinajstić information content (AvgIpc) is 2.70. The number of aromatic nitrogens is 1. The molecule has 7 nitrogen and oxygen atoms in total. The van der Waals surface area contributed by atoms with Crippen LogP contribution in [0, 0.1) is 5.92 Å². The number of carbonyl (C=O) groups is 1. The molecule has 1 aromatic rings. The summed E-state index contributed by atoms with van der Waals surface area (Å²) in [7, 11) is 0. The third-order valence-corrected chi connectivity index (χ3v) is 4.42. The van der Waals surface area contributed by atoms with Crippen LogP contribution in [0.25, 0.3) is 0 Å². The molecule has 162 valence electrons. The molecular weight excluding hydrogens is 389 g/mol. The Kier molecular flexibility index (Phi) is 8.53. The van der Waals surface area contributed by atoms with Gasteiger partial charge in [-0.2, -0.15) is 13.2 Å². The first kappa shape index (κ1) is 22.8. The number of rotatable bonds is 7. The molecule has 0 aromatic carbocycles. The maximum atomic E-state index is 12.5. The molecule has 0 aliphatic carbocycles. The highest BCUT2D eigenvalue weighted by Crippen LogP contribution is 2.29. The summed E-state index contributed by atoms with van der Waals surface area (Å²) < 4.78 is 48.1. The number of hydrogen-bond donors (Lipinski definition) is 1. The predicted octanol–water partition coefficient (Wildman–Crippen LogP) is 2.72. The normalized spacial score (nSPS) is 15.9. The van der Waals surface area contributed by atoms with Crippen molar-refractivity contribution >= 4 is 11.9 Å². The number of pyridine rings is 1. The summed E-state index contributed by atoms with van der Waals surface area (Å²) in [5.41, 5.74) is -0.816. The van der Waals surface area contributed by atoms with E-state index in [2.05, 4.69) is 20.2 Å². The van der Waals surface area contributed by atoms with Gasteiger partial charge in [-0.15, -0.1) is 0 Å². The Morgan fingerprint density at radius 2 is 2.03 bits per heavy atom. The van der Waals surface area contributed by atoms with Gasteiger partial charge in [0.15, 0.2) is 5.96 Å². The zero-order chi connectivity index (χ0) is 21.3. The topological polar surface area (TPSA) is 76.1 Å². The monoisotopic (exact) mass is 416 g/mol. The molecule has 2 rings (SSSR count). The highest BCUT2D eigenvalue weighted by atomic mass is 19.4. The van der Waals surface area contributed by atoms with Crippen molar-refractivity contribution in [2.24, 2.45) is 10.9 Å². The van der Waals surface area contributed by atoms with Crippen LogP contribution in [0.15, 0.2) is 23.3 Å². The molecule has 10 heteroatoms. The molecule has 1 N–H and O–H groups in total. The van der Waals surface area contributed by atoms with Crippen molar-refractivity contribution in [3.05, 3.63) is 23.9 Å². The lowest BCUT2D eigenvalue weighted by molar-refractivity contribution is -0.149. The Balaban J connectivity index is 1.82. The van der Waals surface area contributed by atoms with E-state index in [1.807, 2.05) is 6.92 Å². The lowest BCUT2D eigenvalue weighted by Crippen LogP contribution is -2.46. The van der Waals surface area contributed by atoms with Crippen LogP contribution in [-0.4, -0.2) is 61.2 Å². The van der Waals surface area contributed by atoms with Crippen LogP contribution < -0.4 is 10.1 Å². The fraction of sp³-hybridized carbons (Fsp3) is 0.632. The third-order valence-electron chi connectivity index (χ3n) is 4.42. The molecule has 0 bridgehead atoms. The van der Waals surface area contributed by atoms with Crippen molar-refractivity contribution in [3.8, 4) is 5.88 Å². The van der Waals surface area contributed by atoms with Crippen molar-refractivity contribution in [1.82, 2.24) is 15.2 Å². The van der Waals surface area contributed by atoms with Gasteiger partial charge in [-0.25, -0.2) is 9.98 Å². The zero-order valence-electron chi connectivity index (χ0n) is 16.7. The van der Waals surface area contributed by atoms with E-state index in [-0.39, 0.29) is 24.4 Å². The van der Waals surface area contributed by atoms with Crippen LogP contribution in [0.1, 0.15) is 32.3 Å². The number of piperidine rings is 1. The SMILES string of the molecule is CCNC(=NCCOc1ccc(C(F)(F)F)cn1)N1CCC(C(=O)OCC)CC1. The average molecular weight is 416 g/mol. The Morgan fingerprint density at radius 3 is 2.59 bits per heavy atom. The maximum absolute atomic E-state index is 12.5. The van der Waals surface area contributed by atoms with Crippen LogP contribution in [0.5, 0.6) is 5.88 Å². The number of carbonyl (C=O) groups excluding carboxylic acids is 1. The van der Waals surface area contributed by atoms with Crippen molar-refractivity contribution in [2.45, 2.75) is 32.9 Å². The number of aliphatic imine (C=N–C) groups is 1. The van der Waals surface area contributed by atoms with Gasteiger partial charge in [0, 0.05) is 31.9 Å². The molecule has 1 aliphatic rings. The summed E-state index contributed by atoms with van der Waals surface area (Å²) in [6.07, 6.45) is -2.27. The summed E-state index contributed by atoms with van der Waals surface area (Å²) >= 11 is 0. The van der Waals surface area contributed by atoms with E-state index in [9.17, 15) is 18.0 Å². The molecule has 0 unspecified atom stereocenters. The number of nitrogens with zero attached hydrogens (tertiary/aromatic N) is 3. The van der Waals surface area contributed by atoms with Gasteiger partial charge >= 0.3 is 12.1 Å². The lowest BCUT2D eigenvalue weighted by atomic mass is 9.97. The molecule has 2 heterocycles. The number of esters is 1. The first-order valence-corrected chi connectivity index (χ1v) is 9.71. The van der Waals surface area contributed by atoms with Gasteiger partial charge in [0.2, 0.25) is 5.88 Å². The van der Waals surface area contributed by atoms with Crippen LogP contribution in [0.2, 0.25) is 0 Å². The van der Waals surface area contributed by atoms with E-state index in [0.29, 0.717) is 45.6 Å². The molecule has 1 fully saturated rings. The number of ether oxygens (including phenoxy) is 2. The van der Waals surface area contributed by atoms with Crippen molar-refractivity contribution in [3.63, 3.8) is 0 Å². The number of halogens is 3. The highest BCUT2D eigenvalue weighted by Gasteiger charge is 2.30. The number of guanidine groups is 1. The second kappa shape index (κ2) is 10.9. The van der Waals surface area contributed by atoms with E-state index < -0.39 is 11.7 Å². The largest absolute Gasteiger partial charge is 0.476 e. The van der Waals surface area contributed by atoms with Crippen molar-refractivity contribution < 1.29 is 27.4 Å². The summed E-state index contributed by atoms with van der Waals surface area (Å²) in [4.78, 5) is 22.1. The minimum absolute atomic E-state index is 0.0804. The summed E-state index contributed by atoms with van der Waals surface area (Å²) in [6, 6.07) is 2.13. The lowest BCUT2D eigenvalue weighted by Gasteiger charge is -2.33. The Labute approximate surface area is 168 Å². The Hall–Kier alpha value is -2.52. The molecule has 0 amide bonds. The van der Waals surface area contributed by atoms with Gasteiger partial charge in [-0.1, -0.05) is 0 Å². The number of alkyl halides is 3. The summed E-state index contributed by atoms with van der Waals surface area (Å²) in [5, 5.41) is 3.21. The van der Waals surface area contributed by atoms with Crippen LogP contribution in [0.3, 0.4) is 0 Å². The molecule has 1 saturated heterocycles. The van der Waals surface area contributed by atoms with Gasteiger partial charge in [-0.3, -0.25) is 4.79 Å². The summed E-state index contributed by atoms with van der Waals surface area (Å²) in [6.45, 7) is 6.73. The van der Waals surface area contributed by atoms with Crippen LogP contribution in [-0.2, 0) is 15.7 Å². The predicted molar refractivity (Wildman–Crippen MR) is 102 cm³/mol. The first-order valence-electron chi connectivity index (χ1n) is 9.71. The molecule has 1 aliphatic heterocycles. The second-order valence-electron chi connectivity index (χ2n) is 6.48. The number of hydrogen-bond acceptors (Lipinski definition) is 5. The standard InChI is InChI=1S/C19H27F3N4O3/c1-3-23-18(26-10-7-14(8-11-26)17(27)28-4-2)24-9-12-29-16-6-5-15(13-25-16)19(20,21)22/h5-6,13-14H,3-4,7-12H2,1-2H3,(H,23,24). The third kappa shape index (κ3) is 7.10. The molecular formula is C19H27F3N4O3. The summed E-state index contributed by atoms with van der Waals surface area (Å²) in [5.74, 6) is 0.613. The zero-order valence-corrected chi connectivity index (χ0v) is 16.7. The van der Waals surface area contributed by atoms with E-state index >= 15 is 0 Å². The van der Waals surface area contributed by atoms with E-state index in [4.69, 9.17) is 9.47 Å². The molecule has 29 heavy (non-hydrogen) atoms. The van der Waals surface area contributed by atoms with Gasteiger partial charge in [0.1, 0.15) is 6.61 Å². The fourth-order valence-corrected chi connectivity index (χ4v) is 2.95. The Morgan fingerprint density at radius 1 is 1.31 bits per heavy atom. The van der Waals surface area contributed by atoms with E-state index in [1.54, 1.807) is 6.92 Å². The van der Waals surface area contributed by atoms with Crippen LogP contribution >= 0.6 is 0 Å². The maximum Gasteiger partial charge on any atom is 0.417 e. The number of likely N-dealkylation sites (tertiary alicyclic amines) is 1. The van der Waals surface area contributed by atoms with Gasteiger partial charge in [0.05, 0.1) is 24.6 Å². The molecule has 0 atom stereocenters. The van der Waals surface area contributed by atoms with E-state index in [1.165, 1.54) is 6.07 Å². The van der Waals surface area contributed by atoms with Gasteiger partial charge < -0.3 is 19.7 Å². The number of nitrogens with one attached hydrogen (secondary N) is 1. The molecule has 0 saturated carbocycles. The minimum atomic E-state index is -4.42. The fourth-order valence-electron chi connectivity index (χ4n) is 2.95. The minimum Gasteiger partial charge on any atom is -0.476 e. The first-order chi connectivity index (χ1) is 13.8. The van der Waals surface area contributed by atoms with Gasteiger partial charge in [0.25, 0.3) is 0 Å². The molecule has 0 spiro atoms. The smallest absolute Gasteiger partial charge is 0.417 e. The van der Waals surface area contributed by atoms with Gasteiger partial charge in [-0.05, 0) is 32.8 Å². The van der Waals surface area contributed by atoms with E-state index in [0.717, 1.165) is 18.2 Å². The second-order valence-corrected chi connectivity index (χ2v) is 6.48. The quantitative estimate of drug-likeness (QED) is 0.319. The molecule has 1 aromatic heterocycles. The van der Waals surface area contributed by atoms with Crippen LogP contribution in [0.4, 0.5) is 13.2 Å².